The zero-order valence-corrected chi connectivity index (χ0v) is 11.6. The third-order valence-electron chi connectivity index (χ3n) is 4.02. The maximum atomic E-state index is 12.4. The number of alkyl halides is 1. The van der Waals surface area contributed by atoms with Crippen molar-refractivity contribution in [1.29, 1.82) is 0 Å². The van der Waals surface area contributed by atoms with Gasteiger partial charge in [0.15, 0.2) is 0 Å². The predicted octanol–water partition coefficient (Wildman–Crippen LogP) is 1.73. The number of hydrogen-bond donors (Lipinski definition) is 2. The van der Waals surface area contributed by atoms with Crippen LogP contribution < -0.4 is 5.32 Å². The number of aliphatic hydroxyl groups is 1. The number of benzene rings is 1. The van der Waals surface area contributed by atoms with E-state index >= 15 is 0 Å². The van der Waals surface area contributed by atoms with Crippen LogP contribution in [-0.2, 0) is 10.2 Å². The van der Waals surface area contributed by atoms with E-state index in [-0.39, 0.29) is 22.9 Å². The van der Waals surface area contributed by atoms with Crippen molar-refractivity contribution in [2.45, 2.75) is 41.7 Å². The molecule has 0 spiro atoms. The molecule has 2 saturated carbocycles. The zero-order chi connectivity index (χ0) is 12.8. The summed E-state index contributed by atoms with van der Waals surface area (Å²) >= 11 is 3.57. The van der Waals surface area contributed by atoms with Crippen molar-refractivity contribution < 1.29 is 9.90 Å². The van der Waals surface area contributed by atoms with Crippen LogP contribution >= 0.6 is 15.9 Å². The van der Waals surface area contributed by atoms with Gasteiger partial charge in [0, 0.05) is 10.9 Å². The summed E-state index contributed by atoms with van der Waals surface area (Å²) in [5.74, 6) is 0.0903. The van der Waals surface area contributed by atoms with E-state index < -0.39 is 5.41 Å². The number of rotatable bonds is 3. The van der Waals surface area contributed by atoms with Crippen LogP contribution in [0.15, 0.2) is 30.3 Å². The zero-order valence-electron chi connectivity index (χ0n) is 9.97. The quantitative estimate of drug-likeness (QED) is 0.836. The molecule has 2 fully saturated rings. The number of amides is 1. The first kappa shape index (κ1) is 12.2. The van der Waals surface area contributed by atoms with E-state index in [9.17, 15) is 9.90 Å². The Balaban J connectivity index is 1.74. The first-order valence-corrected chi connectivity index (χ1v) is 7.23. The van der Waals surface area contributed by atoms with Gasteiger partial charge in [-0.3, -0.25) is 4.79 Å². The van der Waals surface area contributed by atoms with Crippen LogP contribution in [0, 0.1) is 0 Å². The van der Waals surface area contributed by atoms with Crippen molar-refractivity contribution >= 4 is 21.8 Å². The van der Waals surface area contributed by atoms with Crippen LogP contribution in [0.2, 0.25) is 0 Å². The standard InChI is InChI=1S/C14H16BrNO2/c15-12-8-14(12,9-4-2-1-3-5-9)13(18)16-10-6-11(17)7-10/h1-5,10-12,17H,6-8H2,(H,16,18). The summed E-state index contributed by atoms with van der Waals surface area (Å²) in [6.45, 7) is 0. The molecule has 0 aromatic heterocycles. The third-order valence-corrected chi connectivity index (χ3v) is 5.12. The average molecular weight is 310 g/mol. The Labute approximate surface area is 115 Å². The summed E-state index contributed by atoms with van der Waals surface area (Å²) in [7, 11) is 0. The molecule has 2 aliphatic rings. The lowest BCUT2D eigenvalue weighted by Gasteiger charge is -2.33. The highest BCUT2D eigenvalue weighted by atomic mass is 79.9. The minimum absolute atomic E-state index is 0.0903. The molecule has 3 nitrogen and oxygen atoms in total. The van der Waals surface area contributed by atoms with Crippen LogP contribution in [0.5, 0.6) is 0 Å². The summed E-state index contributed by atoms with van der Waals surface area (Å²) in [5.41, 5.74) is 0.672. The molecular formula is C14H16BrNO2. The van der Waals surface area contributed by atoms with Crippen molar-refractivity contribution in [2.75, 3.05) is 0 Å². The molecule has 2 unspecified atom stereocenters. The molecule has 18 heavy (non-hydrogen) atoms. The van der Waals surface area contributed by atoms with E-state index in [4.69, 9.17) is 0 Å². The molecule has 2 aliphatic carbocycles. The number of hydrogen-bond acceptors (Lipinski definition) is 2. The molecule has 3 rings (SSSR count). The second-order valence-corrected chi connectivity index (χ2v) is 6.41. The number of aliphatic hydroxyl groups excluding tert-OH is 1. The lowest BCUT2D eigenvalue weighted by atomic mass is 9.87. The molecule has 1 aromatic carbocycles. The number of carbonyl (C=O) groups excluding carboxylic acids is 1. The monoisotopic (exact) mass is 309 g/mol. The smallest absolute Gasteiger partial charge is 0.232 e. The van der Waals surface area contributed by atoms with Crippen molar-refractivity contribution in [3.63, 3.8) is 0 Å². The maximum absolute atomic E-state index is 12.4. The molecule has 0 aliphatic heterocycles. The van der Waals surface area contributed by atoms with Crippen molar-refractivity contribution in [3.05, 3.63) is 35.9 Å². The SMILES string of the molecule is O=C(NC1CC(O)C1)C1(c2ccccc2)CC1Br. The fourth-order valence-electron chi connectivity index (χ4n) is 2.64. The molecule has 4 heteroatoms. The molecule has 0 heterocycles. The van der Waals surface area contributed by atoms with Crippen molar-refractivity contribution in [2.24, 2.45) is 0 Å². The van der Waals surface area contributed by atoms with E-state index in [1.54, 1.807) is 0 Å². The Bertz CT molecular complexity index is 458. The van der Waals surface area contributed by atoms with Gasteiger partial charge in [-0.2, -0.15) is 0 Å². The first-order chi connectivity index (χ1) is 8.63. The fraction of sp³-hybridized carbons (Fsp3) is 0.500. The van der Waals surface area contributed by atoms with Gasteiger partial charge in [-0.1, -0.05) is 46.3 Å². The van der Waals surface area contributed by atoms with Gasteiger partial charge in [0.2, 0.25) is 5.91 Å². The second kappa shape index (κ2) is 4.35. The molecule has 1 amide bonds. The second-order valence-electron chi connectivity index (χ2n) is 5.30. The van der Waals surface area contributed by atoms with Crippen LogP contribution in [0.25, 0.3) is 0 Å². The minimum atomic E-state index is -0.401. The summed E-state index contributed by atoms with van der Waals surface area (Å²) in [6, 6.07) is 10.1. The van der Waals surface area contributed by atoms with Gasteiger partial charge in [0.05, 0.1) is 11.5 Å². The van der Waals surface area contributed by atoms with Crippen molar-refractivity contribution in [1.82, 2.24) is 5.32 Å². The number of carbonyl (C=O) groups is 1. The van der Waals surface area contributed by atoms with E-state index in [2.05, 4.69) is 21.2 Å². The van der Waals surface area contributed by atoms with Crippen LogP contribution in [-0.4, -0.2) is 28.0 Å². The highest BCUT2D eigenvalue weighted by molar-refractivity contribution is 9.09. The normalized spacial score (nSPS) is 37.8. The number of nitrogens with one attached hydrogen (secondary N) is 1. The summed E-state index contributed by atoms with van der Waals surface area (Å²) in [6.07, 6.45) is 1.98. The Morgan fingerprint density at radius 3 is 2.44 bits per heavy atom. The number of halogens is 1. The highest BCUT2D eigenvalue weighted by Crippen LogP contribution is 2.53. The predicted molar refractivity (Wildman–Crippen MR) is 72.6 cm³/mol. The highest BCUT2D eigenvalue weighted by Gasteiger charge is 2.60. The third kappa shape index (κ3) is 1.88. The summed E-state index contributed by atoms with van der Waals surface area (Å²) in [4.78, 5) is 12.6. The Hall–Kier alpha value is -0.870. The van der Waals surface area contributed by atoms with E-state index in [0.29, 0.717) is 12.8 Å². The van der Waals surface area contributed by atoms with E-state index in [0.717, 1.165) is 12.0 Å². The lowest BCUT2D eigenvalue weighted by Crippen LogP contribution is -2.50. The molecule has 0 bridgehead atoms. The summed E-state index contributed by atoms with van der Waals surface area (Å²) in [5, 5.41) is 12.3. The van der Waals surface area contributed by atoms with Crippen LogP contribution in [0.1, 0.15) is 24.8 Å². The van der Waals surface area contributed by atoms with Gasteiger partial charge in [0.1, 0.15) is 0 Å². The van der Waals surface area contributed by atoms with Gasteiger partial charge in [0.25, 0.3) is 0 Å². The molecular weight excluding hydrogens is 294 g/mol. The Morgan fingerprint density at radius 2 is 1.94 bits per heavy atom. The fourth-order valence-corrected chi connectivity index (χ4v) is 3.63. The largest absolute Gasteiger partial charge is 0.393 e. The maximum Gasteiger partial charge on any atom is 0.232 e. The van der Waals surface area contributed by atoms with Crippen LogP contribution in [0.3, 0.4) is 0 Å². The Morgan fingerprint density at radius 1 is 1.33 bits per heavy atom. The molecule has 96 valence electrons. The van der Waals surface area contributed by atoms with E-state index in [1.165, 1.54) is 0 Å². The van der Waals surface area contributed by atoms with Gasteiger partial charge in [-0.05, 0) is 24.8 Å². The van der Waals surface area contributed by atoms with Gasteiger partial charge in [-0.25, -0.2) is 0 Å². The van der Waals surface area contributed by atoms with Gasteiger partial charge in [-0.15, -0.1) is 0 Å². The van der Waals surface area contributed by atoms with Gasteiger partial charge < -0.3 is 10.4 Å². The average Bonchev–Trinajstić information content (AvgIpc) is 3.01. The van der Waals surface area contributed by atoms with Crippen LogP contribution in [0.4, 0.5) is 0 Å². The molecule has 0 radical (unpaired) electrons. The minimum Gasteiger partial charge on any atom is -0.393 e. The molecule has 1 aromatic rings. The molecule has 2 N–H and O–H groups in total. The Kier molecular flexibility index (Phi) is 2.94. The van der Waals surface area contributed by atoms with E-state index in [1.807, 2.05) is 30.3 Å². The topological polar surface area (TPSA) is 49.3 Å². The van der Waals surface area contributed by atoms with Gasteiger partial charge >= 0.3 is 0 Å². The molecule has 0 saturated heterocycles. The first-order valence-electron chi connectivity index (χ1n) is 6.31. The van der Waals surface area contributed by atoms with Crippen molar-refractivity contribution in [3.8, 4) is 0 Å². The molecule has 2 atom stereocenters. The summed E-state index contributed by atoms with van der Waals surface area (Å²) < 4.78 is 0. The lowest BCUT2D eigenvalue weighted by molar-refractivity contribution is -0.125.